The minimum Gasteiger partial charge on any atom is -0.330 e. The summed E-state index contributed by atoms with van der Waals surface area (Å²) in [5.74, 6) is 0. The molecule has 0 unspecified atom stereocenters. The minimum atomic E-state index is -3.54. The summed E-state index contributed by atoms with van der Waals surface area (Å²) >= 11 is 0. The van der Waals surface area contributed by atoms with Gasteiger partial charge in [0, 0.05) is 5.69 Å². The summed E-state index contributed by atoms with van der Waals surface area (Å²) in [5, 5.41) is 0. The lowest BCUT2D eigenvalue weighted by molar-refractivity contribution is 0.600. The van der Waals surface area contributed by atoms with E-state index in [1.54, 1.807) is 37.3 Å². The van der Waals surface area contributed by atoms with E-state index in [-0.39, 0.29) is 0 Å². The van der Waals surface area contributed by atoms with E-state index in [2.05, 4.69) is 4.72 Å². The van der Waals surface area contributed by atoms with Gasteiger partial charge < -0.3 is 5.73 Å². The average Bonchev–Trinajstić information content (AvgIpc) is 2.41. The lowest BCUT2D eigenvalue weighted by Gasteiger charge is -2.10. The van der Waals surface area contributed by atoms with E-state index in [1.807, 2.05) is 18.2 Å². The second-order valence-electron chi connectivity index (χ2n) is 4.61. The van der Waals surface area contributed by atoms with E-state index in [1.165, 1.54) is 0 Å². The molecule has 0 heterocycles. The molecule has 0 radical (unpaired) electrons. The molecule has 0 bridgehead atoms. The highest BCUT2D eigenvalue weighted by molar-refractivity contribution is 7.92. The summed E-state index contributed by atoms with van der Waals surface area (Å²) in [6, 6.07) is 14.2. The van der Waals surface area contributed by atoms with Crippen molar-refractivity contribution in [1.29, 1.82) is 0 Å². The Morgan fingerprint density at radius 2 is 1.70 bits per heavy atom. The van der Waals surface area contributed by atoms with Crippen molar-refractivity contribution in [1.82, 2.24) is 0 Å². The average molecular weight is 290 g/mol. The highest BCUT2D eigenvalue weighted by atomic mass is 32.2. The summed E-state index contributed by atoms with van der Waals surface area (Å²) in [6.45, 7) is 2.35. The van der Waals surface area contributed by atoms with Crippen molar-refractivity contribution >= 4 is 15.7 Å². The smallest absolute Gasteiger partial charge is 0.262 e. The van der Waals surface area contributed by atoms with Crippen LogP contribution in [0.5, 0.6) is 0 Å². The Labute approximate surface area is 119 Å². The first-order chi connectivity index (χ1) is 9.53. The van der Waals surface area contributed by atoms with Gasteiger partial charge in [-0.15, -0.1) is 0 Å². The molecule has 3 N–H and O–H groups in total. The first-order valence-corrected chi connectivity index (χ1v) is 7.89. The fraction of sp³-hybridized carbons (Fsp3) is 0.200. The van der Waals surface area contributed by atoms with Crippen LogP contribution in [0.4, 0.5) is 5.69 Å². The normalized spacial score (nSPS) is 11.3. The van der Waals surface area contributed by atoms with E-state index in [9.17, 15) is 8.42 Å². The van der Waals surface area contributed by atoms with Crippen LogP contribution >= 0.6 is 0 Å². The Bertz CT molecular complexity index is 679. The molecule has 0 spiro atoms. The maximum Gasteiger partial charge on any atom is 0.262 e. The Hall–Kier alpha value is -1.85. The van der Waals surface area contributed by atoms with E-state index >= 15 is 0 Å². The van der Waals surface area contributed by atoms with Crippen molar-refractivity contribution in [3.63, 3.8) is 0 Å². The number of benzene rings is 2. The number of sulfonamides is 1. The van der Waals surface area contributed by atoms with Gasteiger partial charge in [0.15, 0.2) is 0 Å². The molecule has 0 saturated heterocycles. The number of nitrogens with one attached hydrogen (secondary N) is 1. The van der Waals surface area contributed by atoms with Gasteiger partial charge in [-0.2, -0.15) is 0 Å². The van der Waals surface area contributed by atoms with Crippen LogP contribution in [0.1, 0.15) is 11.1 Å². The fourth-order valence-electron chi connectivity index (χ4n) is 1.97. The van der Waals surface area contributed by atoms with E-state index in [4.69, 9.17) is 5.73 Å². The molecule has 2 aromatic rings. The van der Waals surface area contributed by atoms with Gasteiger partial charge in [-0.1, -0.05) is 30.3 Å². The van der Waals surface area contributed by atoms with Crippen molar-refractivity contribution in [3.05, 3.63) is 59.7 Å². The zero-order valence-corrected chi connectivity index (χ0v) is 12.2. The van der Waals surface area contributed by atoms with Crippen LogP contribution in [0.25, 0.3) is 0 Å². The maximum absolute atomic E-state index is 12.3. The largest absolute Gasteiger partial charge is 0.330 e. The molecule has 2 aromatic carbocycles. The number of anilines is 1. The zero-order valence-electron chi connectivity index (χ0n) is 11.3. The molecule has 4 nitrogen and oxygen atoms in total. The van der Waals surface area contributed by atoms with Crippen molar-refractivity contribution in [2.24, 2.45) is 5.73 Å². The van der Waals surface area contributed by atoms with Crippen molar-refractivity contribution in [3.8, 4) is 0 Å². The first kappa shape index (κ1) is 14.6. The summed E-state index contributed by atoms with van der Waals surface area (Å²) < 4.78 is 27.2. The first-order valence-electron chi connectivity index (χ1n) is 6.40. The molecule has 5 heteroatoms. The highest BCUT2D eigenvalue weighted by Gasteiger charge is 2.15. The Kier molecular flexibility index (Phi) is 4.42. The maximum atomic E-state index is 12.3. The lowest BCUT2D eigenvalue weighted by atomic mass is 10.1. The second kappa shape index (κ2) is 6.07. The Balaban J connectivity index is 2.22. The molecule has 0 aliphatic rings. The number of hydrogen-bond acceptors (Lipinski definition) is 3. The number of rotatable bonds is 5. The van der Waals surface area contributed by atoms with Gasteiger partial charge in [0.2, 0.25) is 0 Å². The summed E-state index contributed by atoms with van der Waals surface area (Å²) in [6.07, 6.45) is 0.783. The lowest BCUT2D eigenvalue weighted by Crippen LogP contribution is -2.14. The molecule has 0 amide bonds. The molecule has 0 aromatic heterocycles. The van der Waals surface area contributed by atoms with Crippen LogP contribution in [0.15, 0.2) is 53.4 Å². The summed E-state index contributed by atoms with van der Waals surface area (Å²) in [5.41, 5.74) is 7.84. The molecule has 2 rings (SSSR count). The SMILES string of the molecule is Cc1ccccc1S(=O)(=O)Nc1ccc(CCN)cc1. The topological polar surface area (TPSA) is 72.2 Å². The van der Waals surface area contributed by atoms with Gasteiger partial charge >= 0.3 is 0 Å². The van der Waals surface area contributed by atoms with E-state index in [0.29, 0.717) is 17.1 Å². The van der Waals surface area contributed by atoms with E-state index in [0.717, 1.165) is 17.5 Å². The molecular weight excluding hydrogens is 272 g/mol. The molecule has 0 aliphatic carbocycles. The third kappa shape index (κ3) is 3.37. The summed E-state index contributed by atoms with van der Waals surface area (Å²) in [4.78, 5) is 0.297. The molecular formula is C15H18N2O2S. The molecule has 0 saturated carbocycles. The van der Waals surface area contributed by atoms with Gasteiger partial charge in [-0.25, -0.2) is 8.42 Å². The van der Waals surface area contributed by atoms with Crippen molar-refractivity contribution in [2.75, 3.05) is 11.3 Å². The fourth-order valence-corrected chi connectivity index (χ4v) is 3.28. The van der Waals surface area contributed by atoms with Gasteiger partial charge in [-0.05, 0) is 49.2 Å². The third-order valence-electron chi connectivity index (χ3n) is 3.02. The van der Waals surface area contributed by atoms with Gasteiger partial charge in [0.25, 0.3) is 10.0 Å². The molecule has 0 atom stereocenters. The van der Waals surface area contributed by atoms with Gasteiger partial charge in [-0.3, -0.25) is 4.72 Å². The van der Waals surface area contributed by atoms with Crippen LogP contribution in [0.2, 0.25) is 0 Å². The zero-order chi connectivity index (χ0) is 14.6. The second-order valence-corrected chi connectivity index (χ2v) is 6.26. The monoisotopic (exact) mass is 290 g/mol. The van der Waals surface area contributed by atoms with Crippen LogP contribution in [0, 0.1) is 6.92 Å². The third-order valence-corrected chi connectivity index (χ3v) is 4.56. The quantitative estimate of drug-likeness (QED) is 0.887. The van der Waals surface area contributed by atoms with E-state index < -0.39 is 10.0 Å². The molecule has 106 valence electrons. The molecule has 0 aliphatic heterocycles. The summed E-state index contributed by atoms with van der Waals surface area (Å²) in [7, 11) is -3.54. The number of hydrogen-bond donors (Lipinski definition) is 2. The van der Waals surface area contributed by atoms with Crippen LogP contribution in [-0.4, -0.2) is 15.0 Å². The number of aryl methyl sites for hydroxylation is 1. The predicted octanol–water partition coefficient (Wildman–Crippen LogP) is 2.30. The van der Waals surface area contributed by atoms with Crippen molar-refractivity contribution < 1.29 is 8.42 Å². The van der Waals surface area contributed by atoms with Crippen LogP contribution in [0.3, 0.4) is 0 Å². The minimum absolute atomic E-state index is 0.297. The van der Waals surface area contributed by atoms with Gasteiger partial charge in [0.05, 0.1) is 4.90 Å². The van der Waals surface area contributed by atoms with Crippen LogP contribution in [-0.2, 0) is 16.4 Å². The predicted molar refractivity (Wildman–Crippen MR) is 81.2 cm³/mol. The molecule has 20 heavy (non-hydrogen) atoms. The van der Waals surface area contributed by atoms with Crippen LogP contribution < -0.4 is 10.5 Å². The van der Waals surface area contributed by atoms with Gasteiger partial charge in [0.1, 0.15) is 0 Å². The Morgan fingerprint density at radius 3 is 2.30 bits per heavy atom. The van der Waals surface area contributed by atoms with Crippen molar-refractivity contribution in [2.45, 2.75) is 18.2 Å². The Morgan fingerprint density at radius 1 is 1.05 bits per heavy atom. The standard InChI is InChI=1S/C15H18N2O2S/c1-12-4-2-3-5-15(12)20(18,19)17-14-8-6-13(7-9-14)10-11-16/h2-9,17H,10-11,16H2,1H3. The highest BCUT2D eigenvalue weighted by Crippen LogP contribution is 2.19. The molecule has 0 fully saturated rings. The number of nitrogens with two attached hydrogens (primary N) is 1.